The van der Waals surface area contributed by atoms with E-state index in [2.05, 4.69) is 43.0 Å². The lowest BCUT2D eigenvalue weighted by atomic mass is 9.44. The molecule has 11 heteroatoms. The lowest BCUT2D eigenvalue weighted by Crippen LogP contribution is -2.63. The molecule has 3 aliphatic carbocycles. The van der Waals surface area contributed by atoms with Gasteiger partial charge in [0, 0.05) is 40.8 Å². The fourth-order valence-corrected chi connectivity index (χ4v) is 9.33. The molecule has 3 fully saturated rings. The molecule has 4 N–H and O–H groups in total. The van der Waals surface area contributed by atoms with Gasteiger partial charge >= 0.3 is 5.97 Å². The molecule has 228 valence electrons. The Labute approximate surface area is 251 Å². The van der Waals surface area contributed by atoms with E-state index >= 15 is 0 Å². The van der Waals surface area contributed by atoms with Crippen molar-refractivity contribution in [2.45, 2.75) is 77.8 Å². The van der Waals surface area contributed by atoms with Gasteiger partial charge in [-0.15, -0.1) is 29.7 Å². The molecule has 0 spiro atoms. The number of nitrogens with zero attached hydrogens (tertiary/aromatic N) is 1. The van der Waals surface area contributed by atoms with Crippen LogP contribution in [0.5, 0.6) is 0 Å². The number of hydrogen-bond donors (Lipinski definition) is 4. The van der Waals surface area contributed by atoms with Crippen molar-refractivity contribution in [3.8, 4) is 0 Å². The van der Waals surface area contributed by atoms with Crippen LogP contribution >= 0.6 is 23.1 Å². The number of anilines is 1. The molecule has 1 aromatic heterocycles. The van der Waals surface area contributed by atoms with E-state index in [1.807, 2.05) is 18.4 Å². The first-order chi connectivity index (χ1) is 19.4. The summed E-state index contributed by atoms with van der Waals surface area (Å²) in [5, 5.41) is 28.3. The number of thiazole rings is 1. The molecule has 1 heterocycles. The minimum atomic E-state index is -0.688. The number of aliphatic hydroxyl groups excluding tert-OH is 2. The molecule has 1 aromatic rings. The van der Waals surface area contributed by atoms with Gasteiger partial charge in [-0.3, -0.25) is 14.4 Å². The van der Waals surface area contributed by atoms with E-state index in [4.69, 9.17) is 9.84 Å². The molecule has 2 bridgehead atoms. The van der Waals surface area contributed by atoms with Gasteiger partial charge in [0.2, 0.25) is 5.91 Å². The Morgan fingerprint density at radius 2 is 2.07 bits per heavy atom. The van der Waals surface area contributed by atoms with Crippen LogP contribution in [-0.4, -0.2) is 70.5 Å². The monoisotopic (exact) mass is 607 g/mol. The first-order valence-corrected chi connectivity index (χ1v) is 16.6. The minimum Gasteiger partial charge on any atom is -0.461 e. The first kappa shape index (κ1) is 32.1. The van der Waals surface area contributed by atoms with Crippen molar-refractivity contribution in [1.82, 2.24) is 10.3 Å². The summed E-state index contributed by atoms with van der Waals surface area (Å²) < 4.78 is 6.29. The predicted molar refractivity (Wildman–Crippen MR) is 162 cm³/mol. The van der Waals surface area contributed by atoms with Crippen LogP contribution < -0.4 is 10.6 Å². The number of carbonyl (C=O) groups is 3. The average molecular weight is 608 g/mol. The molecule has 4 rings (SSSR count). The fraction of sp³-hybridized carbons (Fsp3) is 0.733. The van der Waals surface area contributed by atoms with Crippen LogP contribution in [0.3, 0.4) is 0 Å². The molecule has 0 unspecified atom stereocenters. The minimum absolute atomic E-state index is 0.0401. The van der Waals surface area contributed by atoms with Crippen LogP contribution in [0.15, 0.2) is 18.0 Å². The molecule has 3 aliphatic rings. The third kappa shape index (κ3) is 6.16. The number of amides is 1. The van der Waals surface area contributed by atoms with Gasteiger partial charge < -0.3 is 25.6 Å². The summed E-state index contributed by atoms with van der Waals surface area (Å²) in [6.45, 7) is 12.9. The topological polar surface area (TPSA) is 138 Å². The number of carbonyl (C=O) groups excluding carboxylic acids is 3. The highest BCUT2D eigenvalue weighted by atomic mass is 32.2. The second kappa shape index (κ2) is 12.8. The highest BCUT2D eigenvalue weighted by Gasteiger charge is 2.68. The number of ketones is 1. The van der Waals surface area contributed by atoms with Crippen molar-refractivity contribution in [2.24, 2.45) is 34.0 Å². The van der Waals surface area contributed by atoms with Crippen LogP contribution in [0.4, 0.5) is 5.13 Å². The summed E-state index contributed by atoms with van der Waals surface area (Å²) in [4.78, 5) is 43.2. The number of aromatic nitrogens is 1. The Balaban J connectivity index is 1.44. The molecule has 0 aliphatic heterocycles. The number of nitrogens with one attached hydrogen (secondary N) is 2. The van der Waals surface area contributed by atoms with Gasteiger partial charge in [0.1, 0.15) is 11.9 Å². The average Bonchev–Trinajstić information content (AvgIpc) is 3.53. The van der Waals surface area contributed by atoms with Gasteiger partial charge in [-0.25, -0.2) is 4.98 Å². The zero-order chi connectivity index (χ0) is 30.0. The normalized spacial score (nSPS) is 36.6. The van der Waals surface area contributed by atoms with E-state index in [-0.39, 0.29) is 59.7 Å². The lowest BCUT2D eigenvalue weighted by Gasteiger charge is -2.61. The predicted octanol–water partition coefficient (Wildman–Crippen LogP) is 3.80. The summed E-state index contributed by atoms with van der Waals surface area (Å²) >= 11 is 2.70. The zero-order valence-corrected chi connectivity index (χ0v) is 26.2. The van der Waals surface area contributed by atoms with Crippen molar-refractivity contribution in [1.29, 1.82) is 0 Å². The molecule has 8 atom stereocenters. The van der Waals surface area contributed by atoms with Crippen molar-refractivity contribution in [3.05, 3.63) is 23.7 Å². The Kier molecular flexibility index (Phi) is 10.1. The smallest absolute Gasteiger partial charge is 0.316 e. The molecule has 41 heavy (non-hydrogen) atoms. The molecule has 0 radical (unpaired) electrons. The van der Waals surface area contributed by atoms with E-state index in [1.54, 1.807) is 0 Å². The third-order valence-electron chi connectivity index (χ3n) is 10.4. The van der Waals surface area contributed by atoms with Gasteiger partial charge in [-0.2, -0.15) is 0 Å². The SMILES string of the molecule is C=C[C@]1(C)C[C@@H](OC(=O)CSCc2csc(NC(=O)CNCCO)n2)[C@]2(C)[C@H](C)CC[C@]3(CCC(=O)[C@H]32)[C@@H](C)[C@@H]1O. The fourth-order valence-electron chi connectivity index (χ4n) is 7.81. The Morgan fingerprint density at radius 3 is 2.78 bits per heavy atom. The molecule has 0 aromatic carbocycles. The first-order valence-electron chi connectivity index (χ1n) is 14.6. The standard InChI is InChI=1S/C30H45N3O6S2/c1-6-28(4)13-22(29(5)18(2)7-9-30(19(3)26(28)38)10-8-21(35)25(29)30)39-24(37)17-40-15-20-16-41-27(32-20)33-23(36)14-31-11-12-34/h6,16,18-19,22,25-26,31,34,38H,1,7-15,17H2,2-5H3,(H,32,33,36)/t18-,19+,22-,25+,26+,28-,29+,30+/m1/s1. The van der Waals surface area contributed by atoms with Crippen LogP contribution in [-0.2, 0) is 24.9 Å². The summed E-state index contributed by atoms with van der Waals surface area (Å²) in [6.07, 6.45) is 4.14. The highest BCUT2D eigenvalue weighted by Crippen LogP contribution is 2.68. The number of ether oxygens (including phenoxy) is 1. The quantitative estimate of drug-likeness (QED) is 0.168. The zero-order valence-electron chi connectivity index (χ0n) is 24.6. The van der Waals surface area contributed by atoms with E-state index < -0.39 is 23.0 Å². The number of aliphatic hydroxyl groups is 2. The van der Waals surface area contributed by atoms with Crippen molar-refractivity contribution < 1.29 is 29.3 Å². The third-order valence-corrected chi connectivity index (χ3v) is 12.2. The summed E-state index contributed by atoms with van der Waals surface area (Å²) in [7, 11) is 0. The molecule has 1 amide bonds. The molecular weight excluding hydrogens is 562 g/mol. The maximum atomic E-state index is 13.5. The summed E-state index contributed by atoms with van der Waals surface area (Å²) in [5.41, 5.74) is -0.732. The number of esters is 1. The molecule has 3 saturated carbocycles. The maximum Gasteiger partial charge on any atom is 0.316 e. The van der Waals surface area contributed by atoms with Crippen molar-refractivity contribution in [3.63, 3.8) is 0 Å². The van der Waals surface area contributed by atoms with E-state index in [1.165, 1.54) is 23.1 Å². The number of thioether (sulfide) groups is 1. The van der Waals surface area contributed by atoms with Crippen LogP contribution in [0.25, 0.3) is 0 Å². The van der Waals surface area contributed by atoms with Gasteiger partial charge in [0.05, 0.1) is 30.7 Å². The van der Waals surface area contributed by atoms with Gasteiger partial charge in [-0.05, 0) is 42.9 Å². The molecular formula is C30H45N3O6S2. The Morgan fingerprint density at radius 1 is 1.32 bits per heavy atom. The second-order valence-electron chi connectivity index (χ2n) is 12.6. The van der Waals surface area contributed by atoms with Crippen molar-refractivity contribution in [2.75, 3.05) is 30.8 Å². The van der Waals surface area contributed by atoms with Crippen LogP contribution in [0, 0.1) is 34.0 Å². The summed E-state index contributed by atoms with van der Waals surface area (Å²) in [5.74, 6) is 0.139. The Hall–Kier alpha value is -1.79. The lowest BCUT2D eigenvalue weighted by molar-refractivity contribution is -0.205. The highest BCUT2D eigenvalue weighted by molar-refractivity contribution is 7.99. The molecule has 0 saturated heterocycles. The van der Waals surface area contributed by atoms with E-state index in [0.29, 0.717) is 30.3 Å². The number of hydrogen-bond acceptors (Lipinski definition) is 10. The van der Waals surface area contributed by atoms with Crippen LogP contribution in [0.2, 0.25) is 0 Å². The summed E-state index contributed by atoms with van der Waals surface area (Å²) in [6, 6.07) is 0. The van der Waals surface area contributed by atoms with Crippen molar-refractivity contribution >= 4 is 45.9 Å². The van der Waals surface area contributed by atoms with Crippen LogP contribution in [0.1, 0.15) is 65.5 Å². The maximum absolute atomic E-state index is 13.5. The Bertz CT molecular complexity index is 1150. The largest absolute Gasteiger partial charge is 0.461 e. The second-order valence-corrected chi connectivity index (χ2v) is 14.5. The van der Waals surface area contributed by atoms with E-state index in [9.17, 15) is 19.5 Å². The molecule has 9 nitrogen and oxygen atoms in total. The van der Waals surface area contributed by atoms with Gasteiger partial charge in [0.25, 0.3) is 0 Å². The van der Waals surface area contributed by atoms with Gasteiger partial charge in [0.15, 0.2) is 5.13 Å². The van der Waals surface area contributed by atoms with Gasteiger partial charge in [-0.1, -0.05) is 33.8 Å². The number of rotatable bonds is 11. The van der Waals surface area contributed by atoms with E-state index in [0.717, 1.165) is 25.0 Å². The number of Topliss-reactive ketones (excluding diaryl/α,β-unsaturated/α-hetero) is 1.